The first kappa shape index (κ1) is 25.2. The summed E-state index contributed by atoms with van der Waals surface area (Å²) in [5.41, 5.74) is 5.48. The van der Waals surface area contributed by atoms with Crippen molar-refractivity contribution in [3.05, 3.63) is 63.2 Å². The van der Waals surface area contributed by atoms with E-state index in [1.165, 1.54) is 0 Å². The average molecular weight is 491 g/mol. The van der Waals surface area contributed by atoms with Gasteiger partial charge < -0.3 is 14.9 Å². The first-order valence-corrected chi connectivity index (χ1v) is 13.2. The minimum absolute atomic E-state index is 0.189. The first-order chi connectivity index (χ1) is 16.7. The normalized spacial score (nSPS) is 23.4. The molecule has 2 aliphatic carbocycles. The van der Waals surface area contributed by atoms with Crippen LogP contribution in [0, 0.1) is 0 Å². The molecule has 5 nitrogen and oxygen atoms in total. The molecule has 3 aliphatic rings. The minimum atomic E-state index is -1.29. The summed E-state index contributed by atoms with van der Waals surface area (Å²) in [5, 5.41) is 21.2. The van der Waals surface area contributed by atoms with Gasteiger partial charge >= 0.3 is 5.97 Å². The average Bonchev–Trinajstić information content (AvgIpc) is 3.26. The number of benzene rings is 2. The zero-order chi connectivity index (χ0) is 26.2. The predicted molar refractivity (Wildman–Crippen MR) is 139 cm³/mol. The van der Waals surface area contributed by atoms with Crippen molar-refractivity contribution in [2.24, 2.45) is 0 Å². The van der Waals surface area contributed by atoms with Gasteiger partial charge in [0.2, 0.25) is 0 Å². The van der Waals surface area contributed by atoms with Crippen LogP contribution in [0.4, 0.5) is 0 Å². The van der Waals surface area contributed by atoms with Crippen molar-refractivity contribution >= 4 is 11.8 Å². The van der Waals surface area contributed by atoms with Gasteiger partial charge in [-0.15, -0.1) is 0 Å². The molecule has 192 valence electrons. The van der Waals surface area contributed by atoms with Crippen LogP contribution in [0.5, 0.6) is 5.75 Å². The van der Waals surface area contributed by atoms with Gasteiger partial charge in [-0.1, -0.05) is 72.9 Å². The Morgan fingerprint density at radius 3 is 2.03 bits per heavy atom. The fraction of sp³-hybridized carbons (Fsp3) is 0.548. The fourth-order valence-electron chi connectivity index (χ4n) is 6.51. The molecule has 0 saturated heterocycles. The van der Waals surface area contributed by atoms with E-state index in [1.807, 2.05) is 12.1 Å². The van der Waals surface area contributed by atoms with Crippen LogP contribution in [0.15, 0.2) is 24.3 Å². The smallest absolute Gasteiger partial charge is 0.345 e. The van der Waals surface area contributed by atoms with Crippen molar-refractivity contribution in [3.63, 3.8) is 0 Å². The van der Waals surface area contributed by atoms with Gasteiger partial charge in [0.1, 0.15) is 11.9 Å². The largest absolute Gasteiger partial charge is 0.424 e. The lowest BCUT2D eigenvalue weighted by Gasteiger charge is -2.41. The Morgan fingerprint density at radius 2 is 1.42 bits per heavy atom. The molecular formula is C31H38O5. The van der Waals surface area contributed by atoms with E-state index in [2.05, 4.69) is 53.7 Å². The van der Waals surface area contributed by atoms with Crippen LogP contribution in [0.25, 0.3) is 0 Å². The maximum Gasteiger partial charge on any atom is 0.345 e. The molecule has 0 radical (unpaired) electrons. The summed E-state index contributed by atoms with van der Waals surface area (Å²) in [6, 6.07) is 8.41. The van der Waals surface area contributed by atoms with E-state index in [0.29, 0.717) is 23.3 Å². The van der Waals surface area contributed by atoms with Crippen LogP contribution < -0.4 is 4.74 Å². The van der Waals surface area contributed by atoms with Crippen molar-refractivity contribution in [2.45, 2.75) is 109 Å². The van der Waals surface area contributed by atoms with Crippen LogP contribution in [-0.2, 0) is 27.5 Å². The van der Waals surface area contributed by atoms with Gasteiger partial charge in [0.05, 0.1) is 0 Å². The number of rotatable bonds is 2. The molecular weight excluding hydrogens is 452 g/mol. The van der Waals surface area contributed by atoms with Crippen molar-refractivity contribution in [3.8, 4) is 5.75 Å². The van der Waals surface area contributed by atoms with Gasteiger partial charge in [0.15, 0.2) is 11.9 Å². The standard InChI is InChI=1S/C31H38O5/c1-29(2,3)22-14-17(12-20-19(22)16-24(32)25(20)33)31(10-8-7-9-11-31)18-13-21-26(34)28(35)36-27(21)23(15-18)30(4,5)6/h12-15,24,26,32,34H,7-11,16H2,1-6H3. The molecule has 1 saturated carbocycles. The van der Waals surface area contributed by atoms with E-state index in [9.17, 15) is 19.8 Å². The van der Waals surface area contributed by atoms with E-state index in [1.54, 1.807) is 0 Å². The first-order valence-electron chi connectivity index (χ1n) is 13.2. The number of Topliss-reactive ketones (excluding diaryl/α,β-unsaturated/α-hetero) is 1. The van der Waals surface area contributed by atoms with Crippen LogP contribution in [0.3, 0.4) is 0 Å². The molecule has 0 spiro atoms. The second-order valence-electron chi connectivity index (χ2n) is 13.0. The predicted octanol–water partition coefficient (Wildman–Crippen LogP) is 5.58. The summed E-state index contributed by atoms with van der Waals surface area (Å²) < 4.78 is 5.55. The van der Waals surface area contributed by atoms with Gasteiger partial charge in [-0.2, -0.15) is 0 Å². The third-order valence-corrected chi connectivity index (χ3v) is 8.48. The molecule has 5 heteroatoms. The van der Waals surface area contributed by atoms with Gasteiger partial charge in [0.25, 0.3) is 0 Å². The molecule has 2 atom stereocenters. The molecule has 1 heterocycles. The van der Waals surface area contributed by atoms with Crippen LogP contribution in [-0.4, -0.2) is 28.1 Å². The zero-order valence-electron chi connectivity index (χ0n) is 22.3. The van der Waals surface area contributed by atoms with Gasteiger partial charge in [0, 0.05) is 28.5 Å². The Balaban J connectivity index is 1.79. The lowest BCUT2D eigenvalue weighted by Crippen LogP contribution is -2.32. The van der Waals surface area contributed by atoms with Crippen LogP contribution in [0.2, 0.25) is 0 Å². The summed E-state index contributed by atoms with van der Waals surface area (Å²) in [6.07, 6.45) is 3.19. The number of esters is 1. The van der Waals surface area contributed by atoms with Crippen molar-refractivity contribution < 1.29 is 24.5 Å². The van der Waals surface area contributed by atoms with E-state index in [-0.39, 0.29) is 22.0 Å². The Labute approximate surface area is 213 Å². The highest BCUT2D eigenvalue weighted by atomic mass is 16.6. The second-order valence-corrected chi connectivity index (χ2v) is 13.0. The van der Waals surface area contributed by atoms with Crippen molar-refractivity contribution in [1.82, 2.24) is 0 Å². The molecule has 1 aliphatic heterocycles. The number of aliphatic hydroxyl groups excluding tert-OH is 2. The number of hydrogen-bond acceptors (Lipinski definition) is 5. The number of carbonyl (C=O) groups excluding carboxylic acids is 2. The second kappa shape index (κ2) is 8.26. The minimum Gasteiger partial charge on any atom is -0.424 e. The summed E-state index contributed by atoms with van der Waals surface area (Å²) >= 11 is 0. The molecule has 36 heavy (non-hydrogen) atoms. The van der Waals surface area contributed by atoms with E-state index < -0.39 is 18.2 Å². The molecule has 2 aromatic carbocycles. The van der Waals surface area contributed by atoms with Crippen molar-refractivity contribution in [1.29, 1.82) is 0 Å². The quantitative estimate of drug-likeness (QED) is 0.424. The highest BCUT2D eigenvalue weighted by Crippen LogP contribution is 2.51. The Kier molecular flexibility index (Phi) is 5.77. The number of aliphatic hydroxyl groups is 2. The third-order valence-electron chi connectivity index (χ3n) is 8.48. The Bertz CT molecular complexity index is 1250. The number of ketones is 1. The zero-order valence-corrected chi connectivity index (χ0v) is 22.3. The van der Waals surface area contributed by atoms with Crippen LogP contribution >= 0.6 is 0 Å². The number of hydrogen-bond donors (Lipinski definition) is 2. The number of fused-ring (bicyclic) bond motifs is 2. The molecule has 0 amide bonds. The fourth-order valence-corrected chi connectivity index (χ4v) is 6.51. The summed E-state index contributed by atoms with van der Waals surface area (Å²) in [4.78, 5) is 25.4. The molecule has 0 aromatic heterocycles. The third kappa shape index (κ3) is 3.83. The molecule has 2 aromatic rings. The lowest BCUT2D eigenvalue weighted by atomic mass is 9.63. The van der Waals surface area contributed by atoms with Gasteiger partial charge in [-0.05, 0) is 58.1 Å². The summed E-state index contributed by atoms with van der Waals surface area (Å²) in [6.45, 7) is 12.7. The molecule has 2 N–H and O–H groups in total. The molecule has 1 fully saturated rings. The molecule has 2 unspecified atom stereocenters. The number of carbonyl (C=O) groups is 2. The highest BCUT2D eigenvalue weighted by Gasteiger charge is 2.43. The number of ether oxygens (including phenoxy) is 1. The summed E-state index contributed by atoms with van der Waals surface area (Å²) in [5.74, 6) is -0.336. The maximum atomic E-state index is 13.0. The van der Waals surface area contributed by atoms with Crippen molar-refractivity contribution in [2.75, 3.05) is 0 Å². The lowest BCUT2D eigenvalue weighted by molar-refractivity contribution is -0.141. The van der Waals surface area contributed by atoms with Crippen LogP contribution in [0.1, 0.15) is 123 Å². The van der Waals surface area contributed by atoms with E-state index in [4.69, 9.17) is 4.74 Å². The van der Waals surface area contributed by atoms with E-state index >= 15 is 0 Å². The maximum absolute atomic E-state index is 13.0. The van der Waals surface area contributed by atoms with E-state index in [0.717, 1.165) is 59.9 Å². The Hall–Kier alpha value is -2.50. The van der Waals surface area contributed by atoms with Gasteiger partial charge in [-0.25, -0.2) is 4.79 Å². The molecule has 0 bridgehead atoms. The summed E-state index contributed by atoms with van der Waals surface area (Å²) in [7, 11) is 0. The topological polar surface area (TPSA) is 83.8 Å². The molecule has 5 rings (SSSR count). The SMILES string of the molecule is CC(C)(C)c1cc(C2(c3cc4c(c(C(C)(C)C)c3)OC(=O)C4O)CCCCC2)cc2c1CC(O)C2=O. The highest BCUT2D eigenvalue weighted by molar-refractivity contribution is 6.04. The Morgan fingerprint density at radius 1 is 0.833 bits per heavy atom. The van der Waals surface area contributed by atoms with Gasteiger partial charge in [-0.3, -0.25) is 4.79 Å². The monoisotopic (exact) mass is 490 g/mol.